The Morgan fingerprint density at radius 2 is 2.10 bits per heavy atom. The molecule has 6 unspecified atom stereocenters. The molecule has 6 nitrogen and oxygen atoms in total. The number of hydrogen-bond donors (Lipinski definition) is 3. The van der Waals surface area contributed by atoms with Gasteiger partial charge in [0.1, 0.15) is 5.75 Å². The van der Waals surface area contributed by atoms with Crippen molar-refractivity contribution in [3.8, 4) is 5.75 Å². The number of rotatable bonds is 3. The molecule has 0 spiro atoms. The summed E-state index contributed by atoms with van der Waals surface area (Å²) < 4.78 is 0. The number of aromatic hydroxyl groups is 1. The molecular formula is C25H31N3O3. The molecule has 2 fully saturated rings. The van der Waals surface area contributed by atoms with Crippen molar-refractivity contribution >= 4 is 5.91 Å². The third-order valence-electron chi connectivity index (χ3n) is 8.33. The topological polar surface area (TPSA) is 95.3 Å². The van der Waals surface area contributed by atoms with Crippen molar-refractivity contribution < 1.29 is 15.0 Å². The largest absolute Gasteiger partial charge is 0.508 e. The Morgan fingerprint density at radius 1 is 1.26 bits per heavy atom. The van der Waals surface area contributed by atoms with Crippen molar-refractivity contribution in [2.24, 2.45) is 23.2 Å². The van der Waals surface area contributed by atoms with Crippen LogP contribution < -0.4 is 5.32 Å². The van der Waals surface area contributed by atoms with Gasteiger partial charge in [0.15, 0.2) is 0 Å². The molecule has 1 aromatic heterocycles. The minimum Gasteiger partial charge on any atom is -0.508 e. The summed E-state index contributed by atoms with van der Waals surface area (Å²) in [7, 11) is 0. The van der Waals surface area contributed by atoms with E-state index in [0.29, 0.717) is 30.0 Å². The number of carbonyl (C=O) groups excluding carboxylic acids is 1. The lowest BCUT2D eigenvalue weighted by atomic mass is 9.55. The molecule has 2 saturated carbocycles. The predicted octanol–water partition coefficient (Wildman–Crippen LogP) is 3.25. The predicted molar refractivity (Wildman–Crippen MR) is 116 cm³/mol. The first-order valence-electron chi connectivity index (χ1n) is 11.4. The molecule has 3 aliphatic rings. The number of amides is 1. The average molecular weight is 422 g/mol. The van der Waals surface area contributed by atoms with E-state index < -0.39 is 6.10 Å². The van der Waals surface area contributed by atoms with Gasteiger partial charge in [-0.25, -0.2) is 0 Å². The van der Waals surface area contributed by atoms with E-state index >= 15 is 0 Å². The van der Waals surface area contributed by atoms with Gasteiger partial charge in [-0.2, -0.15) is 0 Å². The molecule has 6 heteroatoms. The van der Waals surface area contributed by atoms with Crippen LogP contribution in [-0.4, -0.2) is 32.2 Å². The van der Waals surface area contributed by atoms with E-state index in [1.54, 1.807) is 18.5 Å². The van der Waals surface area contributed by atoms with E-state index in [1.807, 2.05) is 13.0 Å². The molecular weight excluding hydrogens is 390 g/mol. The molecule has 31 heavy (non-hydrogen) atoms. The van der Waals surface area contributed by atoms with Crippen LogP contribution in [0.3, 0.4) is 0 Å². The fraction of sp³-hybridized carbons (Fsp3) is 0.560. The SMILES string of the molecule is Cc1cnc(CNC(=O)C2CC3C4CCc5cc(O)ccc5C4CCC3(C)C2O)cn1. The molecule has 3 N–H and O–H groups in total. The van der Waals surface area contributed by atoms with Gasteiger partial charge in [-0.1, -0.05) is 13.0 Å². The summed E-state index contributed by atoms with van der Waals surface area (Å²) in [5, 5.41) is 24.1. The maximum Gasteiger partial charge on any atom is 0.226 e. The van der Waals surface area contributed by atoms with Crippen LogP contribution in [0, 0.1) is 30.1 Å². The Morgan fingerprint density at radius 3 is 2.87 bits per heavy atom. The molecule has 3 aliphatic carbocycles. The van der Waals surface area contributed by atoms with Crippen LogP contribution in [-0.2, 0) is 17.8 Å². The van der Waals surface area contributed by atoms with E-state index in [2.05, 4.69) is 28.3 Å². The summed E-state index contributed by atoms with van der Waals surface area (Å²) in [5.74, 6) is 1.14. The van der Waals surface area contributed by atoms with Crippen LogP contribution >= 0.6 is 0 Å². The summed E-state index contributed by atoms with van der Waals surface area (Å²) >= 11 is 0. The van der Waals surface area contributed by atoms with Crippen molar-refractivity contribution in [3.05, 3.63) is 53.1 Å². The van der Waals surface area contributed by atoms with Gasteiger partial charge in [0.25, 0.3) is 0 Å². The van der Waals surface area contributed by atoms with E-state index in [9.17, 15) is 15.0 Å². The highest BCUT2D eigenvalue weighted by molar-refractivity contribution is 5.79. The van der Waals surface area contributed by atoms with Gasteiger partial charge in [0.05, 0.1) is 36.2 Å². The van der Waals surface area contributed by atoms with E-state index in [-0.39, 0.29) is 17.2 Å². The first-order valence-corrected chi connectivity index (χ1v) is 11.4. The number of benzene rings is 1. The summed E-state index contributed by atoms with van der Waals surface area (Å²) in [6.07, 6.45) is 7.46. The van der Waals surface area contributed by atoms with Crippen molar-refractivity contribution in [1.82, 2.24) is 15.3 Å². The van der Waals surface area contributed by atoms with Gasteiger partial charge in [-0.3, -0.25) is 14.8 Å². The molecule has 1 heterocycles. The second-order valence-corrected chi connectivity index (χ2v) is 10.00. The lowest BCUT2D eigenvalue weighted by Crippen LogP contribution is -2.45. The number of carbonyl (C=O) groups is 1. The van der Waals surface area contributed by atoms with Gasteiger partial charge >= 0.3 is 0 Å². The standard InChI is InChI=1S/C25H31N3O3/c1-14-11-27-16(12-26-14)13-28-24(31)21-10-22-20-5-3-15-9-17(29)4-6-18(15)19(20)7-8-25(22,2)23(21)30/h4,6,9,11-12,19-23,29-30H,3,5,7-8,10,13H2,1-2H3,(H,28,31). The van der Waals surface area contributed by atoms with Gasteiger partial charge in [-0.15, -0.1) is 0 Å². The fourth-order valence-corrected chi connectivity index (χ4v) is 6.66. The Labute approximate surface area is 183 Å². The fourth-order valence-electron chi connectivity index (χ4n) is 6.66. The lowest BCUT2D eigenvalue weighted by molar-refractivity contribution is -0.129. The van der Waals surface area contributed by atoms with Crippen LogP contribution in [0.2, 0.25) is 0 Å². The molecule has 0 aliphatic heterocycles. The van der Waals surface area contributed by atoms with Crippen LogP contribution in [0.1, 0.15) is 61.0 Å². The second kappa shape index (κ2) is 7.59. The molecule has 5 rings (SSSR count). The van der Waals surface area contributed by atoms with Crippen LogP contribution in [0.5, 0.6) is 5.75 Å². The van der Waals surface area contributed by atoms with Gasteiger partial charge in [0.2, 0.25) is 5.91 Å². The molecule has 1 amide bonds. The van der Waals surface area contributed by atoms with Crippen molar-refractivity contribution in [2.45, 2.75) is 64.5 Å². The minimum atomic E-state index is -0.622. The van der Waals surface area contributed by atoms with Crippen molar-refractivity contribution in [2.75, 3.05) is 0 Å². The Balaban J connectivity index is 1.32. The van der Waals surface area contributed by atoms with Crippen molar-refractivity contribution in [3.63, 3.8) is 0 Å². The van der Waals surface area contributed by atoms with Gasteiger partial charge in [0, 0.05) is 6.20 Å². The van der Waals surface area contributed by atoms with Crippen LogP contribution in [0.4, 0.5) is 0 Å². The number of phenolic OH excluding ortho intramolecular Hbond substituents is 1. The highest BCUT2D eigenvalue weighted by Crippen LogP contribution is 2.62. The first kappa shape index (κ1) is 20.4. The normalized spacial score (nSPS) is 33.8. The van der Waals surface area contributed by atoms with E-state index in [0.717, 1.165) is 43.5 Å². The molecule has 0 radical (unpaired) electrons. The molecule has 2 aromatic rings. The number of aryl methyl sites for hydroxylation is 2. The maximum absolute atomic E-state index is 13.0. The van der Waals surface area contributed by atoms with Gasteiger partial charge in [-0.05, 0) is 85.5 Å². The number of nitrogens with zero attached hydrogens (tertiary/aromatic N) is 2. The third-order valence-corrected chi connectivity index (χ3v) is 8.33. The number of fused-ring (bicyclic) bond motifs is 5. The molecule has 1 aromatic carbocycles. The zero-order valence-corrected chi connectivity index (χ0v) is 18.2. The Hall–Kier alpha value is -2.47. The summed E-state index contributed by atoms with van der Waals surface area (Å²) in [5.41, 5.74) is 3.97. The zero-order valence-electron chi connectivity index (χ0n) is 18.2. The number of nitrogens with one attached hydrogen (secondary N) is 1. The molecule has 0 saturated heterocycles. The quantitative estimate of drug-likeness (QED) is 0.707. The number of hydrogen-bond acceptors (Lipinski definition) is 5. The summed E-state index contributed by atoms with van der Waals surface area (Å²) in [6.45, 7) is 4.40. The zero-order chi connectivity index (χ0) is 21.8. The third kappa shape index (κ3) is 3.41. The van der Waals surface area contributed by atoms with E-state index in [1.165, 1.54) is 11.1 Å². The highest BCUT2D eigenvalue weighted by Gasteiger charge is 2.59. The van der Waals surface area contributed by atoms with Crippen molar-refractivity contribution in [1.29, 1.82) is 0 Å². The maximum atomic E-state index is 13.0. The lowest BCUT2D eigenvalue weighted by Gasteiger charge is -2.50. The number of aromatic nitrogens is 2. The monoisotopic (exact) mass is 421 g/mol. The van der Waals surface area contributed by atoms with E-state index in [4.69, 9.17) is 0 Å². The Bertz CT molecular complexity index is 992. The molecule has 0 bridgehead atoms. The number of phenols is 1. The second-order valence-electron chi connectivity index (χ2n) is 10.00. The molecule has 164 valence electrons. The highest BCUT2D eigenvalue weighted by atomic mass is 16.3. The first-order chi connectivity index (χ1) is 14.9. The summed E-state index contributed by atoms with van der Waals surface area (Å²) in [4.78, 5) is 21.6. The minimum absolute atomic E-state index is 0.0804. The number of aliphatic hydroxyl groups excluding tert-OH is 1. The molecule has 6 atom stereocenters. The van der Waals surface area contributed by atoms with Crippen LogP contribution in [0.15, 0.2) is 30.6 Å². The van der Waals surface area contributed by atoms with Crippen LogP contribution in [0.25, 0.3) is 0 Å². The summed E-state index contributed by atoms with van der Waals surface area (Å²) in [6, 6.07) is 5.79. The smallest absolute Gasteiger partial charge is 0.226 e. The van der Waals surface area contributed by atoms with Gasteiger partial charge < -0.3 is 15.5 Å². The average Bonchev–Trinajstić information content (AvgIpc) is 3.04. The number of aliphatic hydroxyl groups is 1. The Kier molecular flexibility index (Phi) is 5.00.